The van der Waals surface area contributed by atoms with Gasteiger partial charge in [-0.2, -0.15) is 0 Å². The van der Waals surface area contributed by atoms with Gasteiger partial charge < -0.3 is 10.1 Å². The fourth-order valence-corrected chi connectivity index (χ4v) is 4.77. The molecule has 2 aliphatic rings. The Balaban J connectivity index is 2.14. The molecule has 2 heterocycles. The minimum Gasteiger partial charge on any atom is -0.463 e. The van der Waals surface area contributed by atoms with Gasteiger partial charge >= 0.3 is 5.97 Å². The van der Waals surface area contributed by atoms with E-state index in [4.69, 9.17) is 4.74 Å². The van der Waals surface area contributed by atoms with Crippen LogP contribution in [0.15, 0.2) is 38.5 Å². The summed E-state index contributed by atoms with van der Waals surface area (Å²) in [5.74, 6) is -0.547. The van der Waals surface area contributed by atoms with E-state index >= 15 is 0 Å². The highest BCUT2D eigenvalue weighted by molar-refractivity contribution is 9.11. The van der Waals surface area contributed by atoms with E-state index in [0.717, 1.165) is 38.5 Å². The van der Waals surface area contributed by atoms with E-state index in [1.165, 1.54) is 0 Å². The maximum Gasteiger partial charge on any atom is 0.336 e. The summed E-state index contributed by atoms with van der Waals surface area (Å²) in [6.45, 7) is 3.98. The third-order valence-electron chi connectivity index (χ3n) is 4.15. The first-order chi connectivity index (χ1) is 11.0. The number of allylic oxidation sites excluding steroid dienone is 3. The lowest BCUT2D eigenvalue weighted by molar-refractivity contribution is -0.138. The monoisotopic (exact) mass is 395 g/mol. The number of Topliss-reactive ketones (excluding diaryl/α,β-unsaturated/α-hetero) is 1. The van der Waals surface area contributed by atoms with Crippen LogP contribution in [0.5, 0.6) is 0 Å². The van der Waals surface area contributed by atoms with Gasteiger partial charge in [0, 0.05) is 28.3 Å². The molecule has 4 nitrogen and oxygen atoms in total. The molecule has 3 rings (SSSR count). The summed E-state index contributed by atoms with van der Waals surface area (Å²) in [5, 5.41) is 3.28. The molecular weight excluding hydrogens is 378 g/mol. The van der Waals surface area contributed by atoms with Crippen LogP contribution in [0.4, 0.5) is 0 Å². The standard InChI is InChI=1S/C17H18BrNO3S/c1-3-22-17(21)14-9(2)19-10-5-4-6-11(20)15(10)16(14)12-7-8-13(18)23-12/h7-8,16,19H,3-6H2,1-2H3. The number of ketones is 1. The van der Waals surface area contributed by atoms with Gasteiger partial charge in [0.25, 0.3) is 0 Å². The van der Waals surface area contributed by atoms with Crippen LogP contribution in [-0.4, -0.2) is 18.4 Å². The number of carbonyl (C=O) groups excluding carboxylic acids is 2. The van der Waals surface area contributed by atoms with Gasteiger partial charge in [-0.15, -0.1) is 11.3 Å². The number of thiophene rings is 1. The molecule has 1 aliphatic carbocycles. The zero-order chi connectivity index (χ0) is 16.6. The van der Waals surface area contributed by atoms with Crippen LogP contribution in [0.3, 0.4) is 0 Å². The Morgan fingerprint density at radius 1 is 1.43 bits per heavy atom. The molecule has 1 atom stereocenters. The van der Waals surface area contributed by atoms with Crippen molar-refractivity contribution in [3.05, 3.63) is 43.3 Å². The van der Waals surface area contributed by atoms with Gasteiger partial charge in [-0.1, -0.05) is 0 Å². The van der Waals surface area contributed by atoms with Crippen molar-refractivity contribution in [1.82, 2.24) is 5.32 Å². The molecule has 1 aliphatic heterocycles. The van der Waals surface area contributed by atoms with Crippen molar-refractivity contribution in [3.63, 3.8) is 0 Å². The topological polar surface area (TPSA) is 55.4 Å². The fourth-order valence-electron chi connectivity index (χ4n) is 3.23. The first kappa shape index (κ1) is 16.5. The Labute approximate surface area is 147 Å². The Hall–Kier alpha value is -1.40. The van der Waals surface area contributed by atoms with Crippen molar-refractivity contribution < 1.29 is 14.3 Å². The van der Waals surface area contributed by atoms with E-state index in [1.54, 1.807) is 18.3 Å². The molecule has 6 heteroatoms. The van der Waals surface area contributed by atoms with Crippen molar-refractivity contribution >= 4 is 39.0 Å². The molecule has 0 amide bonds. The first-order valence-corrected chi connectivity index (χ1v) is 9.30. The summed E-state index contributed by atoms with van der Waals surface area (Å²) in [5.41, 5.74) is 3.03. The van der Waals surface area contributed by atoms with Gasteiger partial charge in [0.15, 0.2) is 5.78 Å². The van der Waals surface area contributed by atoms with E-state index in [9.17, 15) is 9.59 Å². The average Bonchev–Trinajstić information content (AvgIpc) is 2.92. The molecule has 0 saturated carbocycles. The molecular formula is C17H18BrNO3S. The number of ether oxygens (including phenoxy) is 1. The van der Waals surface area contributed by atoms with Gasteiger partial charge in [-0.3, -0.25) is 4.79 Å². The van der Waals surface area contributed by atoms with Crippen LogP contribution < -0.4 is 5.32 Å². The second kappa shape index (κ2) is 6.61. The third kappa shape index (κ3) is 3.02. The minimum atomic E-state index is -0.350. The Bertz CT molecular complexity index is 732. The molecule has 23 heavy (non-hydrogen) atoms. The number of esters is 1. The van der Waals surface area contributed by atoms with Gasteiger partial charge in [0.1, 0.15) is 0 Å². The number of hydrogen-bond acceptors (Lipinski definition) is 5. The van der Waals surface area contributed by atoms with Gasteiger partial charge in [-0.05, 0) is 54.8 Å². The van der Waals surface area contributed by atoms with E-state index in [2.05, 4.69) is 21.2 Å². The fraction of sp³-hybridized carbons (Fsp3) is 0.412. The van der Waals surface area contributed by atoms with E-state index in [0.29, 0.717) is 18.6 Å². The molecule has 0 fully saturated rings. The minimum absolute atomic E-state index is 0.127. The van der Waals surface area contributed by atoms with E-state index in [1.807, 2.05) is 19.1 Å². The van der Waals surface area contributed by atoms with Crippen LogP contribution >= 0.6 is 27.3 Å². The van der Waals surface area contributed by atoms with E-state index in [-0.39, 0.29) is 17.7 Å². The normalized spacial score (nSPS) is 21.2. The molecule has 1 aromatic heterocycles. The zero-order valence-corrected chi connectivity index (χ0v) is 15.5. The third-order valence-corrected chi connectivity index (χ3v) is 5.84. The average molecular weight is 396 g/mol. The maximum absolute atomic E-state index is 12.6. The summed E-state index contributed by atoms with van der Waals surface area (Å²) in [4.78, 5) is 26.1. The summed E-state index contributed by atoms with van der Waals surface area (Å²) >= 11 is 5.03. The lowest BCUT2D eigenvalue weighted by Crippen LogP contribution is -2.34. The molecule has 1 aromatic rings. The molecule has 0 radical (unpaired) electrons. The molecule has 0 aromatic carbocycles. The van der Waals surface area contributed by atoms with Crippen LogP contribution in [0.25, 0.3) is 0 Å². The van der Waals surface area contributed by atoms with Gasteiger partial charge in [0.05, 0.1) is 21.9 Å². The largest absolute Gasteiger partial charge is 0.463 e. The number of carbonyl (C=O) groups is 2. The summed E-state index contributed by atoms with van der Waals surface area (Å²) in [6, 6.07) is 3.93. The van der Waals surface area contributed by atoms with Crippen molar-refractivity contribution in [2.45, 2.75) is 39.0 Å². The van der Waals surface area contributed by atoms with Gasteiger partial charge in [0.2, 0.25) is 0 Å². The zero-order valence-electron chi connectivity index (χ0n) is 13.1. The molecule has 0 spiro atoms. The van der Waals surface area contributed by atoms with Crippen LogP contribution in [0.1, 0.15) is 43.9 Å². The Morgan fingerprint density at radius 3 is 2.87 bits per heavy atom. The summed E-state index contributed by atoms with van der Waals surface area (Å²) < 4.78 is 6.23. The predicted octanol–water partition coefficient (Wildman–Crippen LogP) is 4.04. The smallest absolute Gasteiger partial charge is 0.336 e. The lowest BCUT2D eigenvalue weighted by atomic mass is 9.78. The highest BCUT2D eigenvalue weighted by Gasteiger charge is 2.39. The highest BCUT2D eigenvalue weighted by Crippen LogP contribution is 2.45. The summed E-state index contributed by atoms with van der Waals surface area (Å²) in [6.07, 6.45) is 2.24. The van der Waals surface area contributed by atoms with E-state index < -0.39 is 0 Å². The number of rotatable bonds is 3. The molecule has 122 valence electrons. The van der Waals surface area contributed by atoms with Crippen LogP contribution in [0, 0.1) is 0 Å². The number of halogens is 1. The summed E-state index contributed by atoms with van der Waals surface area (Å²) in [7, 11) is 0. The van der Waals surface area contributed by atoms with Crippen molar-refractivity contribution in [2.24, 2.45) is 0 Å². The lowest BCUT2D eigenvalue weighted by Gasteiger charge is -2.33. The first-order valence-electron chi connectivity index (χ1n) is 7.69. The maximum atomic E-state index is 12.6. The Kier molecular flexibility index (Phi) is 4.73. The second-order valence-electron chi connectivity index (χ2n) is 5.63. The van der Waals surface area contributed by atoms with Crippen LogP contribution in [0.2, 0.25) is 0 Å². The number of nitrogens with one attached hydrogen (secondary N) is 1. The number of hydrogen-bond donors (Lipinski definition) is 1. The predicted molar refractivity (Wildman–Crippen MR) is 93.1 cm³/mol. The van der Waals surface area contributed by atoms with Crippen molar-refractivity contribution in [1.29, 1.82) is 0 Å². The number of dihydropyridines is 1. The van der Waals surface area contributed by atoms with Gasteiger partial charge in [-0.25, -0.2) is 4.79 Å². The molecule has 0 saturated heterocycles. The SMILES string of the molecule is CCOC(=O)C1=C(C)NC2=C(C(=O)CCC2)C1c1ccc(Br)s1. The molecule has 0 bridgehead atoms. The quantitative estimate of drug-likeness (QED) is 0.784. The van der Waals surface area contributed by atoms with Crippen LogP contribution in [-0.2, 0) is 14.3 Å². The molecule has 1 N–H and O–H groups in total. The Morgan fingerprint density at radius 2 is 2.22 bits per heavy atom. The van der Waals surface area contributed by atoms with Crippen molar-refractivity contribution in [2.75, 3.05) is 6.61 Å². The highest BCUT2D eigenvalue weighted by atomic mass is 79.9. The van der Waals surface area contributed by atoms with Crippen molar-refractivity contribution in [3.8, 4) is 0 Å². The molecule has 1 unspecified atom stereocenters. The second-order valence-corrected chi connectivity index (χ2v) is 8.12.